The monoisotopic (exact) mass is 531 g/mol. The van der Waals surface area contributed by atoms with E-state index in [9.17, 15) is 9.59 Å². The third-order valence-electron chi connectivity index (χ3n) is 6.33. The number of carbonyl (C=O) groups is 2. The number of nitrogens with one attached hydrogen (secondary N) is 1. The van der Waals surface area contributed by atoms with E-state index in [-0.39, 0.29) is 25.0 Å². The van der Waals surface area contributed by atoms with Gasteiger partial charge in [-0.3, -0.25) is 9.59 Å². The van der Waals surface area contributed by atoms with Crippen LogP contribution in [0.3, 0.4) is 0 Å². The van der Waals surface area contributed by atoms with Crippen molar-refractivity contribution in [2.45, 2.75) is 66.4 Å². The highest BCUT2D eigenvalue weighted by molar-refractivity contribution is 6.06. The van der Waals surface area contributed by atoms with Crippen LogP contribution in [-0.2, 0) is 11.2 Å². The van der Waals surface area contributed by atoms with Crippen molar-refractivity contribution in [1.82, 2.24) is 0 Å². The molecule has 0 aliphatic heterocycles. The molecule has 1 amide bonds. The molecule has 0 heterocycles. The van der Waals surface area contributed by atoms with Gasteiger partial charge in [0.15, 0.2) is 0 Å². The first-order chi connectivity index (χ1) is 18.6. The van der Waals surface area contributed by atoms with E-state index in [1.807, 2.05) is 25.1 Å². The van der Waals surface area contributed by atoms with E-state index in [2.05, 4.69) is 57.3 Å². The zero-order valence-electron chi connectivity index (χ0n) is 23.7. The molecule has 2 N–H and O–H groups in total. The second kappa shape index (κ2) is 14.4. The number of carboxylic acids is 1. The zero-order chi connectivity index (χ0) is 28.4. The number of ether oxygens (including phenoxy) is 2. The van der Waals surface area contributed by atoms with Crippen molar-refractivity contribution >= 4 is 17.6 Å². The van der Waals surface area contributed by atoms with Gasteiger partial charge in [-0.25, -0.2) is 0 Å². The molecule has 0 saturated carbocycles. The summed E-state index contributed by atoms with van der Waals surface area (Å²) in [6.45, 7) is 11.0. The van der Waals surface area contributed by atoms with Crippen molar-refractivity contribution in [3.05, 3.63) is 89.0 Å². The lowest BCUT2D eigenvalue weighted by molar-refractivity contribution is -0.137. The van der Waals surface area contributed by atoms with Crippen LogP contribution in [0.25, 0.3) is 0 Å². The summed E-state index contributed by atoms with van der Waals surface area (Å²) >= 11 is 0. The third kappa shape index (κ3) is 9.47. The molecule has 0 bridgehead atoms. The molecule has 0 aromatic heterocycles. The van der Waals surface area contributed by atoms with Crippen molar-refractivity contribution in [3.8, 4) is 11.5 Å². The molecule has 0 radical (unpaired) electrons. The Hall–Kier alpha value is -3.80. The predicted octanol–water partition coefficient (Wildman–Crippen LogP) is 7.86. The van der Waals surface area contributed by atoms with Crippen molar-refractivity contribution in [3.63, 3.8) is 0 Å². The van der Waals surface area contributed by atoms with E-state index < -0.39 is 5.97 Å². The molecule has 6 heteroatoms. The average Bonchev–Trinajstić information content (AvgIpc) is 2.88. The van der Waals surface area contributed by atoms with Crippen molar-refractivity contribution in [1.29, 1.82) is 0 Å². The molecule has 3 aromatic rings. The molecule has 0 spiro atoms. The first-order valence-electron chi connectivity index (χ1n) is 13.7. The van der Waals surface area contributed by atoms with Crippen molar-refractivity contribution in [2.24, 2.45) is 11.8 Å². The van der Waals surface area contributed by atoms with Crippen LogP contribution in [0, 0.1) is 18.8 Å². The topological polar surface area (TPSA) is 84.9 Å². The average molecular weight is 532 g/mol. The fourth-order valence-corrected chi connectivity index (χ4v) is 4.41. The highest BCUT2D eigenvalue weighted by Crippen LogP contribution is 2.31. The van der Waals surface area contributed by atoms with Crippen LogP contribution in [0.5, 0.6) is 11.5 Å². The third-order valence-corrected chi connectivity index (χ3v) is 6.33. The van der Waals surface area contributed by atoms with E-state index in [1.54, 1.807) is 24.3 Å². The molecule has 1 unspecified atom stereocenters. The highest BCUT2D eigenvalue weighted by Gasteiger charge is 2.18. The number of aryl methyl sites for hydroxylation is 1. The Morgan fingerprint density at radius 2 is 1.64 bits per heavy atom. The number of aliphatic carboxylic acids is 1. The molecule has 208 valence electrons. The minimum absolute atomic E-state index is 0.0173. The second-order valence-corrected chi connectivity index (χ2v) is 10.8. The molecule has 39 heavy (non-hydrogen) atoms. The van der Waals surface area contributed by atoms with Crippen LogP contribution in [0.15, 0.2) is 66.7 Å². The number of hydrogen-bond donors (Lipinski definition) is 2. The summed E-state index contributed by atoms with van der Waals surface area (Å²) in [5.74, 6) is 1.10. The first kappa shape index (κ1) is 29.8. The molecule has 1 atom stereocenters. The van der Waals surface area contributed by atoms with Gasteiger partial charge in [-0.15, -0.1) is 0 Å². The lowest BCUT2D eigenvalue weighted by Gasteiger charge is -2.22. The summed E-state index contributed by atoms with van der Waals surface area (Å²) in [5.41, 5.74) is 4.46. The molecule has 3 aromatic carbocycles. The summed E-state index contributed by atoms with van der Waals surface area (Å²) in [6, 6.07) is 21.4. The van der Waals surface area contributed by atoms with Crippen molar-refractivity contribution < 1.29 is 24.2 Å². The maximum Gasteiger partial charge on any atom is 0.303 e. The number of anilines is 1. The minimum Gasteiger partial charge on any atom is -0.493 e. The Bertz CT molecular complexity index is 1230. The lowest BCUT2D eigenvalue weighted by atomic mass is 9.96. The molecule has 3 rings (SSSR count). The molecule has 0 aliphatic carbocycles. The van der Waals surface area contributed by atoms with Gasteiger partial charge in [0, 0.05) is 12.1 Å². The molecular weight excluding hydrogens is 490 g/mol. The minimum atomic E-state index is -0.873. The largest absolute Gasteiger partial charge is 0.493 e. The highest BCUT2D eigenvalue weighted by atomic mass is 16.5. The normalized spacial score (nSPS) is 11.9. The zero-order valence-corrected chi connectivity index (χ0v) is 23.7. The number of hydrogen-bond acceptors (Lipinski definition) is 4. The molecule has 6 nitrogen and oxygen atoms in total. The smallest absolute Gasteiger partial charge is 0.303 e. The number of carboxylic acid groups (broad SMARTS) is 1. The molecule has 0 aliphatic rings. The predicted molar refractivity (Wildman–Crippen MR) is 156 cm³/mol. The Morgan fingerprint density at radius 1 is 0.923 bits per heavy atom. The van der Waals surface area contributed by atoms with Crippen LogP contribution < -0.4 is 14.8 Å². The quantitative estimate of drug-likeness (QED) is 0.207. The number of amides is 1. The van der Waals surface area contributed by atoms with Crippen molar-refractivity contribution in [2.75, 3.05) is 11.9 Å². The summed E-state index contributed by atoms with van der Waals surface area (Å²) in [5, 5.41) is 11.8. The number of benzene rings is 3. The Morgan fingerprint density at radius 3 is 2.28 bits per heavy atom. The van der Waals surface area contributed by atoms with Gasteiger partial charge in [0.2, 0.25) is 0 Å². The maximum absolute atomic E-state index is 13.1. The summed E-state index contributed by atoms with van der Waals surface area (Å²) < 4.78 is 12.2. The van der Waals surface area contributed by atoms with Gasteiger partial charge in [-0.1, -0.05) is 64.1 Å². The number of carbonyl (C=O) groups excluding carboxylic acids is 1. The van der Waals surface area contributed by atoms with Gasteiger partial charge in [-0.2, -0.15) is 0 Å². The van der Waals surface area contributed by atoms with Crippen LogP contribution in [0.2, 0.25) is 0 Å². The molecule has 0 saturated heterocycles. The summed E-state index contributed by atoms with van der Waals surface area (Å²) in [6.07, 6.45) is 2.27. The van der Waals surface area contributed by atoms with Crippen LogP contribution >= 0.6 is 0 Å². The number of rotatable bonds is 14. The molecule has 0 fully saturated rings. The standard InChI is InChI=1S/C33H41NO5/c1-22(2)19-25-12-14-26(15-13-25)31(20-23(3)4)39-27-16-17-29(24(5)21-27)34-33(37)28-9-6-7-10-30(28)38-18-8-11-32(35)36/h6-7,9-10,12-17,21-23,31H,8,11,18-20H2,1-5H3,(H,34,37)(H,35,36). The van der Waals surface area contributed by atoms with Crippen LogP contribution in [0.1, 0.15) is 80.1 Å². The van der Waals surface area contributed by atoms with E-state index in [4.69, 9.17) is 14.6 Å². The van der Waals surface area contributed by atoms with E-state index in [1.165, 1.54) is 5.56 Å². The van der Waals surface area contributed by atoms with Gasteiger partial charge in [0.25, 0.3) is 5.91 Å². The first-order valence-corrected chi connectivity index (χ1v) is 13.7. The van der Waals surface area contributed by atoms with Gasteiger partial charge in [0.1, 0.15) is 17.6 Å². The Labute approximate surface area is 232 Å². The van der Waals surface area contributed by atoms with Gasteiger partial charge in [0.05, 0.1) is 12.2 Å². The van der Waals surface area contributed by atoms with E-state index in [0.29, 0.717) is 35.3 Å². The van der Waals surface area contributed by atoms with Gasteiger partial charge in [-0.05, 0) is 85.0 Å². The lowest BCUT2D eigenvalue weighted by Crippen LogP contribution is -2.15. The number of para-hydroxylation sites is 1. The van der Waals surface area contributed by atoms with Gasteiger partial charge < -0.3 is 19.9 Å². The molecular formula is C33H41NO5. The van der Waals surface area contributed by atoms with Gasteiger partial charge >= 0.3 is 5.97 Å². The fraction of sp³-hybridized carbons (Fsp3) is 0.394. The fourth-order valence-electron chi connectivity index (χ4n) is 4.41. The van der Waals surface area contributed by atoms with E-state index >= 15 is 0 Å². The summed E-state index contributed by atoms with van der Waals surface area (Å²) in [7, 11) is 0. The van der Waals surface area contributed by atoms with E-state index in [0.717, 1.165) is 29.7 Å². The SMILES string of the molecule is Cc1cc(OC(CC(C)C)c2ccc(CC(C)C)cc2)ccc1NC(=O)c1ccccc1OCCCC(=O)O. The maximum atomic E-state index is 13.1. The summed E-state index contributed by atoms with van der Waals surface area (Å²) in [4.78, 5) is 23.8. The Kier molecular flexibility index (Phi) is 11.0. The van der Waals surface area contributed by atoms with Crippen LogP contribution in [-0.4, -0.2) is 23.6 Å². The Balaban J connectivity index is 1.70. The van der Waals surface area contributed by atoms with Crippen LogP contribution in [0.4, 0.5) is 5.69 Å². The second-order valence-electron chi connectivity index (χ2n) is 10.8.